The summed E-state index contributed by atoms with van der Waals surface area (Å²) in [6.07, 6.45) is 0.838. The minimum atomic E-state index is -0.394. The van der Waals surface area contributed by atoms with Crippen LogP contribution < -0.4 is 0 Å². The molecule has 2 bridgehead atoms. The first-order valence-corrected chi connectivity index (χ1v) is 5.69. The van der Waals surface area contributed by atoms with Gasteiger partial charge in [-0.05, 0) is 12.0 Å². The molecule has 84 valence electrons. The maximum absolute atomic E-state index is 11.8. The number of carbonyl (C=O) groups is 1. The maximum atomic E-state index is 11.8. The lowest BCUT2D eigenvalue weighted by Crippen LogP contribution is -2.26. The third-order valence-corrected chi connectivity index (χ3v) is 3.23. The predicted octanol–water partition coefficient (Wildman–Crippen LogP) is 1.87. The number of rotatable bonds is 1. The quantitative estimate of drug-likeness (QED) is 0.722. The summed E-state index contributed by atoms with van der Waals surface area (Å²) in [7, 11) is 0. The average molecular weight is 218 g/mol. The van der Waals surface area contributed by atoms with E-state index < -0.39 is 6.10 Å². The van der Waals surface area contributed by atoms with Crippen LogP contribution in [-0.4, -0.2) is 24.6 Å². The van der Waals surface area contributed by atoms with Crippen LogP contribution in [0.4, 0.5) is 0 Å². The monoisotopic (exact) mass is 218 g/mol. The Hall–Kier alpha value is -1.19. The Morgan fingerprint density at radius 3 is 2.75 bits per heavy atom. The van der Waals surface area contributed by atoms with Gasteiger partial charge < -0.3 is 9.47 Å². The first kappa shape index (κ1) is 10.00. The van der Waals surface area contributed by atoms with Crippen molar-refractivity contribution in [3.63, 3.8) is 0 Å². The topological polar surface area (TPSA) is 35.5 Å². The fourth-order valence-electron chi connectivity index (χ4n) is 2.41. The summed E-state index contributed by atoms with van der Waals surface area (Å²) in [6.45, 7) is 0.675. The van der Waals surface area contributed by atoms with Crippen LogP contribution in [0, 0.1) is 0 Å². The largest absolute Gasteiger partial charge is 0.370 e. The Morgan fingerprint density at radius 1 is 1.12 bits per heavy atom. The highest BCUT2D eigenvalue weighted by atomic mass is 16.6. The van der Waals surface area contributed by atoms with Gasteiger partial charge in [0.25, 0.3) is 0 Å². The lowest BCUT2D eigenvalue weighted by Gasteiger charge is -2.20. The number of ether oxygens (including phenoxy) is 2. The predicted molar refractivity (Wildman–Crippen MR) is 58.0 cm³/mol. The molecule has 0 aliphatic carbocycles. The Morgan fingerprint density at radius 2 is 1.94 bits per heavy atom. The summed E-state index contributed by atoms with van der Waals surface area (Å²) in [4.78, 5) is 11.8. The van der Waals surface area contributed by atoms with E-state index >= 15 is 0 Å². The van der Waals surface area contributed by atoms with Crippen LogP contribution in [-0.2, 0) is 14.3 Å². The van der Waals surface area contributed by atoms with E-state index in [1.54, 1.807) is 0 Å². The zero-order valence-corrected chi connectivity index (χ0v) is 8.96. The number of hydrogen-bond donors (Lipinski definition) is 0. The smallest absolute Gasteiger partial charge is 0.167 e. The number of ketones is 1. The van der Waals surface area contributed by atoms with Crippen LogP contribution in [0.1, 0.15) is 24.5 Å². The Bertz CT molecular complexity index is 387. The number of fused-ring (bicyclic) bond motifs is 2. The van der Waals surface area contributed by atoms with E-state index in [0.717, 1.165) is 12.0 Å². The summed E-state index contributed by atoms with van der Waals surface area (Å²) < 4.78 is 11.5. The van der Waals surface area contributed by atoms with Crippen molar-refractivity contribution in [2.45, 2.75) is 31.2 Å². The highest BCUT2D eigenvalue weighted by Gasteiger charge is 2.42. The zero-order chi connectivity index (χ0) is 11.0. The molecule has 0 spiro atoms. The normalized spacial score (nSPS) is 33.8. The van der Waals surface area contributed by atoms with E-state index in [9.17, 15) is 4.79 Å². The van der Waals surface area contributed by atoms with Gasteiger partial charge in [-0.15, -0.1) is 0 Å². The second kappa shape index (κ2) is 4.00. The molecule has 0 amide bonds. The van der Waals surface area contributed by atoms with Gasteiger partial charge >= 0.3 is 0 Å². The van der Waals surface area contributed by atoms with Gasteiger partial charge in [-0.2, -0.15) is 0 Å². The van der Waals surface area contributed by atoms with E-state index in [2.05, 4.69) is 0 Å². The third kappa shape index (κ3) is 1.66. The summed E-state index contributed by atoms with van der Waals surface area (Å²) in [6, 6.07) is 9.85. The number of Topliss-reactive ketones (excluding diaryl/α,β-unsaturated/α-hetero) is 1. The van der Waals surface area contributed by atoms with Crippen molar-refractivity contribution in [3.8, 4) is 0 Å². The molecular weight excluding hydrogens is 204 g/mol. The van der Waals surface area contributed by atoms with Crippen LogP contribution >= 0.6 is 0 Å². The Kier molecular flexibility index (Phi) is 2.50. The molecule has 0 N–H and O–H groups in total. The highest BCUT2D eigenvalue weighted by molar-refractivity contribution is 5.86. The molecule has 0 radical (unpaired) electrons. The van der Waals surface area contributed by atoms with Gasteiger partial charge in [-0.3, -0.25) is 4.79 Å². The molecule has 0 aromatic heterocycles. The van der Waals surface area contributed by atoms with Crippen molar-refractivity contribution in [3.05, 3.63) is 35.9 Å². The summed E-state index contributed by atoms with van der Waals surface area (Å²) in [5.41, 5.74) is 1.03. The van der Waals surface area contributed by atoms with Gasteiger partial charge in [-0.25, -0.2) is 0 Å². The molecule has 0 unspecified atom stereocenters. The average Bonchev–Trinajstić information content (AvgIpc) is 2.55. The molecule has 1 aromatic carbocycles. The van der Waals surface area contributed by atoms with Gasteiger partial charge in [0.05, 0.1) is 12.7 Å². The van der Waals surface area contributed by atoms with E-state index in [1.165, 1.54) is 0 Å². The fraction of sp³-hybridized carbons (Fsp3) is 0.462. The second-order valence-electron chi connectivity index (χ2n) is 4.34. The van der Waals surface area contributed by atoms with Crippen LogP contribution in [0.15, 0.2) is 30.3 Å². The molecule has 3 atom stereocenters. The lowest BCUT2D eigenvalue weighted by molar-refractivity contribution is -0.129. The van der Waals surface area contributed by atoms with Gasteiger partial charge in [0.15, 0.2) is 5.78 Å². The first-order chi connectivity index (χ1) is 7.84. The standard InChI is InChI=1S/C13H14O3/c14-11-8-10-6-7-15-12(13(11)16-10)9-4-2-1-3-5-9/h1-5,10,12-13H,6-8H2/t10-,12+,13-/m1/s1. The van der Waals surface area contributed by atoms with Crippen molar-refractivity contribution < 1.29 is 14.3 Å². The Labute approximate surface area is 94.4 Å². The molecule has 2 aliphatic rings. The molecule has 16 heavy (non-hydrogen) atoms. The van der Waals surface area contributed by atoms with Crippen LogP contribution in [0.3, 0.4) is 0 Å². The first-order valence-electron chi connectivity index (χ1n) is 5.69. The summed E-state index contributed by atoms with van der Waals surface area (Å²) >= 11 is 0. The second-order valence-corrected chi connectivity index (χ2v) is 4.34. The number of carbonyl (C=O) groups excluding carboxylic acids is 1. The van der Waals surface area contributed by atoms with Crippen LogP contribution in [0.2, 0.25) is 0 Å². The Balaban J connectivity index is 1.91. The highest BCUT2D eigenvalue weighted by Crippen LogP contribution is 2.34. The van der Waals surface area contributed by atoms with Crippen molar-refractivity contribution in [1.82, 2.24) is 0 Å². The minimum absolute atomic E-state index is 0.0752. The molecule has 2 aliphatic heterocycles. The van der Waals surface area contributed by atoms with Gasteiger partial charge in [-0.1, -0.05) is 30.3 Å². The lowest BCUT2D eigenvalue weighted by atomic mass is 9.99. The molecule has 2 saturated heterocycles. The summed E-state index contributed by atoms with van der Waals surface area (Å²) in [5, 5.41) is 0. The van der Waals surface area contributed by atoms with Crippen molar-refractivity contribution in [2.24, 2.45) is 0 Å². The van der Waals surface area contributed by atoms with E-state index in [4.69, 9.17) is 9.47 Å². The molecule has 2 fully saturated rings. The molecule has 3 heteroatoms. The van der Waals surface area contributed by atoms with E-state index in [0.29, 0.717) is 13.0 Å². The molecule has 0 saturated carbocycles. The van der Waals surface area contributed by atoms with Crippen molar-refractivity contribution in [2.75, 3.05) is 6.61 Å². The van der Waals surface area contributed by atoms with Crippen LogP contribution in [0.25, 0.3) is 0 Å². The van der Waals surface area contributed by atoms with Gasteiger partial charge in [0.2, 0.25) is 0 Å². The van der Waals surface area contributed by atoms with Crippen LogP contribution in [0.5, 0.6) is 0 Å². The molecule has 3 rings (SSSR count). The summed E-state index contributed by atoms with van der Waals surface area (Å²) in [5.74, 6) is 0.179. The van der Waals surface area contributed by atoms with E-state index in [1.807, 2.05) is 30.3 Å². The molecular formula is C13H14O3. The zero-order valence-electron chi connectivity index (χ0n) is 8.96. The number of hydrogen-bond acceptors (Lipinski definition) is 3. The van der Waals surface area contributed by atoms with E-state index in [-0.39, 0.29) is 18.0 Å². The SMILES string of the molecule is O=C1C[C@H]2CCO[C@@H](c3ccccc3)[C@@H]1O2. The van der Waals surface area contributed by atoms with Crippen molar-refractivity contribution >= 4 is 5.78 Å². The minimum Gasteiger partial charge on any atom is -0.370 e. The van der Waals surface area contributed by atoms with Crippen molar-refractivity contribution in [1.29, 1.82) is 0 Å². The van der Waals surface area contributed by atoms with Gasteiger partial charge in [0.1, 0.15) is 12.2 Å². The molecule has 2 heterocycles. The van der Waals surface area contributed by atoms with Gasteiger partial charge in [0, 0.05) is 6.42 Å². The third-order valence-electron chi connectivity index (χ3n) is 3.23. The maximum Gasteiger partial charge on any atom is 0.167 e. The fourth-order valence-corrected chi connectivity index (χ4v) is 2.41. The number of benzene rings is 1. The molecule has 3 nitrogen and oxygen atoms in total. The molecule has 1 aromatic rings.